The molecule has 0 aliphatic heterocycles. The maximum Gasteiger partial charge on any atom is 0.0404 e. The summed E-state index contributed by atoms with van der Waals surface area (Å²) in [4.78, 5) is 0. The molecule has 13 heavy (non-hydrogen) atoms. The maximum atomic E-state index is 6.38. The highest BCUT2D eigenvalue weighted by Crippen LogP contribution is 2.35. The molecule has 1 heterocycles. The van der Waals surface area contributed by atoms with E-state index in [2.05, 4.69) is 16.8 Å². The summed E-state index contributed by atoms with van der Waals surface area (Å²) in [7, 11) is 0. The summed E-state index contributed by atoms with van der Waals surface area (Å²) in [6.45, 7) is 0. The standard InChI is InChI=1S/C11H15ClS/c12-11-5-3-1-2-4-10(11)9-6-7-13-8-9/h6-8,10-11H,1-5H2. The van der Waals surface area contributed by atoms with Crippen LogP contribution in [0.4, 0.5) is 0 Å². The fraction of sp³-hybridized carbons (Fsp3) is 0.636. The van der Waals surface area contributed by atoms with E-state index in [0.29, 0.717) is 11.3 Å². The van der Waals surface area contributed by atoms with E-state index in [1.807, 2.05) is 0 Å². The van der Waals surface area contributed by atoms with Gasteiger partial charge in [-0.25, -0.2) is 0 Å². The van der Waals surface area contributed by atoms with Crippen molar-refractivity contribution in [3.8, 4) is 0 Å². The molecule has 1 aromatic heterocycles. The van der Waals surface area contributed by atoms with Gasteiger partial charge in [-0.1, -0.05) is 19.3 Å². The predicted octanol–water partition coefficient (Wildman–Crippen LogP) is 4.40. The van der Waals surface area contributed by atoms with E-state index >= 15 is 0 Å². The molecular formula is C11H15ClS. The number of rotatable bonds is 1. The lowest BCUT2D eigenvalue weighted by molar-refractivity contribution is 0.602. The van der Waals surface area contributed by atoms with E-state index in [1.54, 1.807) is 11.3 Å². The Morgan fingerprint density at radius 2 is 2.08 bits per heavy atom. The van der Waals surface area contributed by atoms with Gasteiger partial charge in [-0.15, -0.1) is 11.6 Å². The van der Waals surface area contributed by atoms with Crippen LogP contribution >= 0.6 is 22.9 Å². The number of hydrogen-bond donors (Lipinski definition) is 0. The fourth-order valence-corrected chi connectivity index (χ4v) is 3.27. The highest BCUT2D eigenvalue weighted by molar-refractivity contribution is 7.08. The first-order chi connectivity index (χ1) is 6.38. The SMILES string of the molecule is ClC1CCCCCC1c1ccsc1. The van der Waals surface area contributed by atoms with E-state index in [9.17, 15) is 0 Å². The highest BCUT2D eigenvalue weighted by atomic mass is 35.5. The summed E-state index contributed by atoms with van der Waals surface area (Å²) in [5, 5.41) is 4.78. The van der Waals surface area contributed by atoms with E-state index in [-0.39, 0.29) is 0 Å². The molecule has 1 aromatic rings. The normalized spacial score (nSPS) is 29.9. The van der Waals surface area contributed by atoms with Crippen LogP contribution in [0.2, 0.25) is 0 Å². The Balaban J connectivity index is 2.11. The Kier molecular flexibility index (Phi) is 3.28. The van der Waals surface area contributed by atoms with Gasteiger partial charge in [-0.3, -0.25) is 0 Å². The fourth-order valence-electron chi connectivity index (χ4n) is 2.12. The van der Waals surface area contributed by atoms with E-state index in [0.717, 1.165) is 0 Å². The van der Waals surface area contributed by atoms with E-state index in [4.69, 9.17) is 11.6 Å². The molecule has 2 rings (SSSR count). The number of halogens is 1. The van der Waals surface area contributed by atoms with Crippen LogP contribution in [-0.4, -0.2) is 5.38 Å². The number of thiophene rings is 1. The van der Waals surface area contributed by atoms with Gasteiger partial charge in [0.25, 0.3) is 0 Å². The molecule has 2 heteroatoms. The van der Waals surface area contributed by atoms with Crippen LogP contribution in [0, 0.1) is 0 Å². The van der Waals surface area contributed by atoms with Crippen molar-refractivity contribution in [3.05, 3.63) is 22.4 Å². The Morgan fingerprint density at radius 1 is 1.23 bits per heavy atom. The van der Waals surface area contributed by atoms with Gasteiger partial charge >= 0.3 is 0 Å². The van der Waals surface area contributed by atoms with Crippen molar-refractivity contribution in [1.29, 1.82) is 0 Å². The topological polar surface area (TPSA) is 0 Å². The van der Waals surface area contributed by atoms with Gasteiger partial charge in [-0.05, 0) is 35.2 Å². The molecule has 0 nitrogen and oxygen atoms in total. The zero-order valence-corrected chi connectivity index (χ0v) is 9.28. The van der Waals surface area contributed by atoms with Gasteiger partial charge in [0.1, 0.15) is 0 Å². The third kappa shape index (κ3) is 2.26. The Labute approximate surface area is 88.9 Å². The molecule has 1 aliphatic rings. The first kappa shape index (κ1) is 9.54. The Hall–Kier alpha value is -0.0100. The van der Waals surface area contributed by atoms with Crippen molar-refractivity contribution >= 4 is 22.9 Å². The van der Waals surface area contributed by atoms with Crippen LogP contribution in [0.3, 0.4) is 0 Å². The molecule has 1 saturated carbocycles. The van der Waals surface area contributed by atoms with Crippen LogP contribution in [0.1, 0.15) is 43.6 Å². The molecule has 2 atom stereocenters. The summed E-state index contributed by atoms with van der Waals surface area (Å²) in [5.74, 6) is 0.621. The summed E-state index contributed by atoms with van der Waals surface area (Å²) >= 11 is 8.17. The lowest BCUT2D eigenvalue weighted by Crippen LogP contribution is -2.10. The highest BCUT2D eigenvalue weighted by Gasteiger charge is 2.23. The van der Waals surface area contributed by atoms with Crippen molar-refractivity contribution in [1.82, 2.24) is 0 Å². The third-order valence-corrected chi connectivity index (χ3v) is 4.13. The van der Waals surface area contributed by atoms with Crippen LogP contribution in [0.15, 0.2) is 16.8 Å². The van der Waals surface area contributed by atoms with Crippen LogP contribution in [-0.2, 0) is 0 Å². The molecule has 0 aromatic carbocycles. The zero-order valence-electron chi connectivity index (χ0n) is 7.71. The average molecular weight is 215 g/mol. The van der Waals surface area contributed by atoms with Gasteiger partial charge < -0.3 is 0 Å². The third-order valence-electron chi connectivity index (χ3n) is 2.90. The second-order valence-corrected chi connectivity index (χ2v) is 5.16. The van der Waals surface area contributed by atoms with Crippen molar-refractivity contribution in [2.24, 2.45) is 0 Å². The maximum absolute atomic E-state index is 6.38. The molecule has 1 fully saturated rings. The van der Waals surface area contributed by atoms with Crippen molar-refractivity contribution in [2.45, 2.75) is 43.4 Å². The van der Waals surface area contributed by atoms with Gasteiger partial charge in [0.05, 0.1) is 0 Å². The minimum atomic E-state index is 0.372. The molecule has 0 N–H and O–H groups in total. The Bertz CT molecular complexity index is 243. The van der Waals surface area contributed by atoms with Crippen molar-refractivity contribution in [2.75, 3.05) is 0 Å². The smallest absolute Gasteiger partial charge is 0.0404 e. The van der Waals surface area contributed by atoms with Gasteiger partial charge in [0.2, 0.25) is 0 Å². The summed E-state index contributed by atoms with van der Waals surface area (Å²) < 4.78 is 0. The summed E-state index contributed by atoms with van der Waals surface area (Å²) in [6, 6.07) is 2.23. The first-order valence-electron chi connectivity index (χ1n) is 5.04. The average Bonchev–Trinajstić information content (AvgIpc) is 2.56. The summed E-state index contributed by atoms with van der Waals surface area (Å²) in [5.41, 5.74) is 1.46. The lowest BCUT2D eigenvalue weighted by Gasteiger charge is -2.18. The minimum absolute atomic E-state index is 0.372. The second-order valence-electron chi connectivity index (χ2n) is 3.82. The second kappa shape index (κ2) is 4.47. The predicted molar refractivity (Wildman–Crippen MR) is 59.8 cm³/mol. The molecule has 0 saturated heterocycles. The van der Waals surface area contributed by atoms with Gasteiger partial charge in [-0.2, -0.15) is 11.3 Å². The van der Waals surface area contributed by atoms with Gasteiger partial charge in [0, 0.05) is 11.3 Å². The number of hydrogen-bond acceptors (Lipinski definition) is 1. The molecular weight excluding hydrogens is 200 g/mol. The van der Waals surface area contributed by atoms with Crippen LogP contribution in [0.25, 0.3) is 0 Å². The van der Waals surface area contributed by atoms with E-state index in [1.165, 1.54) is 37.7 Å². The molecule has 0 amide bonds. The largest absolute Gasteiger partial charge is 0.152 e. The molecule has 0 bridgehead atoms. The quantitative estimate of drug-likeness (QED) is 0.480. The zero-order chi connectivity index (χ0) is 9.10. The molecule has 1 aliphatic carbocycles. The van der Waals surface area contributed by atoms with Crippen molar-refractivity contribution < 1.29 is 0 Å². The van der Waals surface area contributed by atoms with Crippen LogP contribution in [0.5, 0.6) is 0 Å². The first-order valence-corrected chi connectivity index (χ1v) is 6.42. The van der Waals surface area contributed by atoms with Crippen molar-refractivity contribution in [3.63, 3.8) is 0 Å². The summed E-state index contributed by atoms with van der Waals surface area (Å²) in [6.07, 6.45) is 6.51. The van der Waals surface area contributed by atoms with E-state index < -0.39 is 0 Å². The molecule has 0 spiro atoms. The van der Waals surface area contributed by atoms with Crippen LogP contribution < -0.4 is 0 Å². The number of alkyl halides is 1. The lowest BCUT2D eigenvalue weighted by atomic mass is 9.94. The molecule has 0 radical (unpaired) electrons. The van der Waals surface area contributed by atoms with Gasteiger partial charge in [0.15, 0.2) is 0 Å². The monoisotopic (exact) mass is 214 g/mol. The Morgan fingerprint density at radius 3 is 2.85 bits per heavy atom. The molecule has 72 valence electrons. The minimum Gasteiger partial charge on any atom is -0.152 e. The molecule has 2 unspecified atom stereocenters.